The monoisotopic (exact) mass is 872 g/mol. The van der Waals surface area contributed by atoms with Crippen molar-refractivity contribution in [3.63, 3.8) is 0 Å². The molecule has 0 fully saturated rings. The smallest absolute Gasteiger partial charge is 0.472 e. The van der Waals surface area contributed by atoms with Gasteiger partial charge in [0.15, 0.2) is 6.10 Å². The third kappa shape index (κ3) is 42.6. The number of ether oxygens (including phenoxy) is 2. The number of nitrogens with two attached hydrogens (primary N) is 1. The quantitative estimate of drug-likeness (QED) is 0.0230. The fraction of sp³-hybridized carbons (Fsp3) is 0.854. The molecule has 0 heterocycles. The van der Waals surface area contributed by atoms with Gasteiger partial charge in [-0.2, -0.15) is 0 Å². The Bertz CT molecular complexity index is 1120. The number of esters is 2. The van der Waals surface area contributed by atoms with Crippen molar-refractivity contribution >= 4 is 25.7 Å². The van der Waals surface area contributed by atoms with Crippen LogP contribution in [0.1, 0.15) is 232 Å². The van der Waals surface area contributed by atoms with Crippen molar-refractivity contribution < 1.29 is 47.5 Å². The molecule has 0 bridgehead atoms. The van der Waals surface area contributed by atoms with Crippen molar-refractivity contribution in [3.05, 3.63) is 24.3 Å². The molecule has 3 unspecified atom stereocenters. The van der Waals surface area contributed by atoms with Gasteiger partial charge in [-0.25, -0.2) is 4.57 Å². The molecule has 12 heteroatoms. The van der Waals surface area contributed by atoms with Crippen molar-refractivity contribution in [2.75, 3.05) is 19.8 Å². The predicted molar refractivity (Wildman–Crippen MR) is 245 cm³/mol. The summed E-state index contributed by atoms with van der Waals surface area (Å²) in [5.74, 6) is -2.38. The summed E-state index contributed by atoms with van der Waals surface area (Å²) in [6.45, 7) is 2.78. The van der Waals surface area contributed by atoms with E-state index in [0.717, 1.165) is 64.2 Å². The summed E-state index contributed by atoms with van der Waals surface area (Å²) in [5.41, 5.74) is 5.34. The van der Waals surface area contributed by atoms with Gasteiger partial charge in [-0.1, -0.05) is 205 Å². The maximum absolute atomic E-state index is 12.6. The van der Waals surface area contributed by atoms with Gasteiger partial charge in [-0.3, -0.25) is 23.4 Å². The van der Waals surface area contributed by atoms with E-state index in [1.807, 2.05) is 0 Å². The highest BCUT2D eigenvalue weighted by Crippen LogP contribution is 2.43. The normalized spacial score (nSPS) is 13.8. The lowest BCUT2D eigenvalue weighted by molar-refractivity contribution is -0.161. The maximum atomic E-state index is 12.6. The number of hydrogen-bond donors (Lipinski definition) is 3. The fourth-order valence-corrected chi connectivity index (χ4v) is 7.63. The molecule has 0 aliphatic rings. The SMILES string of the molecule is CCCC/C=C\C/C=C\CCCCCCCC(=O)OC(COC(=O)CCCCCCCCCCCCCCCCCCCCCCCC)COP(=O)(O)OCC(N)C(=O)O. The summed E-state index contributed by atoms with van der Waals surface area (Å²) in [6, 6.07) is -1.52. The van der Waals surface area contributed by atoms with Crippen molar-refractivity contribution in [1.29, 1.82) is 0 Å². The molecule has 0 aliphatic heterocycles. The maximum Gasteiger partial charge on any atom is 0.472 e. The van der Waals surface area contributed by atoms with Gasteiger partial charge in [0.1, 0.15) is 12.6 Å². The predicted octanol–water partition coefficient (Wildman–Crippen LogP) is 13.4. The number of aliphatic carboxylic acids is 1. The Hall–Kier alpha value is -2.04. The van der Waals surface area contributed by atoms with E-state index in [4.69, 9.17) is 24.8 Å². The van der Waals surface area contributed by atoms with Crippen molar-refractivity contribution in [2.45, 2.75) is 244 Å². The van der Waals surface area contributed by atoms with Crippen LogP contribution in [0.4, 0.5) is 0 Å². The molecule has 0 saturated heterocycles. The van der Waals surface area contributed by atoms with Gasteiger partial charge in [0.05, 0.1) is 13.2 Å². The minimum atomic E-state index is -4.72. The van der Waals surface area contributed by atoms with Crippen LogP contribution in [0.5, 0.6) is 0 Å². The molecule has 60 heavy (non-hydrogen) atoms. The first-order chi connectivity index (χ1) is 29.1. The Balaban J connectivity index is 4.21. The van der Waals surface area contributed by atoms with E-state index in [1.54, 1.807) is 0 Å². The standard InChI is InChI=1S/C48H90NO10P/c1-3-5-7-9-11-13-15-17-19-20-21-22-23-24-25-26-28-29-31-33-35-37-39-46(50)56-41-44(42-57-60(54,55)58-43-45(49)48(52)53)59-47(51)40-38-36-34-32-30-27-18-16-14-12-10-8-6-4-2/h10,12,16,18,44-45H,3-9,11,13-15,17,19-43,49H2,1-2H3,(H,52,53)(H,54,55)/b12-10-,18-16-. The molecule has 0 aromatic heterocycles. The number of rotatable bonds is 46. The zero-order valence-electron chi connectivity index (χ0n) is 38.3. The number of carbonyl (C=O) groups is 3. The Morgan fingerprint density at radius 2 is 0.900 bits per heavy atom. The highest BCUT2D eigenvalue weighted by Gasteiger charge is 2.28. The number of phosphoric acid groups is 1. The number of carboxylic acids is 1. The van der Waals surface area contributed by atoms with Gasteiger partial charge in [0.2, 0.25) is 0 Å². The van der Waals surface area contributed by atoms with E-state index in [9.17, 15) is 23.8 Å². The van der Waals surface area contributed by atoms with E-state index in [2.05, 4.69) is 42.7 Å². The van der Waals surface area contributed by atoms with Crippen LogP contribution in [0.3, 0.4) is 0 Å². The van der Waals surface area contributed by atoms with E-state index < -0.39 is 51.1 Å². The molecule has 352 valence electrons. The molecule has 4 N–H and O–H groups in total. The Morgan fingerprint density at radius 3 is 1.35 bits per heavy atom. The van der Waals surface area contributed by atoms with Gasteiger partial charge in [0.25, 0.3) is 0 Å². The van der Waals surface area contributed by atoms with Crippen LogP contribution in [-0.2, 0) is 37.5 Å². The van der Waals surface area contributed by atoms with Crippen molar-refractivity contribution in [1.82, 2.24) is 0 Å². The van der Waals surface area contributed by atoms with Crippen LogP contribution < -0.4 is 5.73 Å². The van der Waals surface area contributed by atoms with E-state index in [-0.39, 0.29) is 19.4 Å². The van der Waals surface area contributed by atoms with Gasteiger partial charge in [0, 0.05) is 12.8 Å². The van der Waals surface area contributed by atoms with Crippen molar-refractivity contribution in [2.24, 2.45) is 5.73 Å². The molecule has 0 amide bonds. The Morgan fingerprint density at radius 1 is 0.517 bits per heavy atom. The molecule has 0 saturated carbocycles. The first kappa shape index (κ1) is 58.0. The number of carboxylic acid groups (broad SMARTS) is 1. The number of allylic oxidation sites excluding steroid dienone is 4. The summed E-state index contributed by atoms with van der Waals surface area (Å²) in [6.07, 6.45) is 46.8. The highest BCUT2D eigenvalue weighted by atomic mass is 31.2. The largest absolute Gasteiger partial charge is 0.480 e. The van der Waals surface area contributed by atoms with Crippen LogP contribution in [0.2, 0.25) is 0 Å². The molecule has 0 rings (SSSR count). The van der Waals surface area contributed by atoms with E-state index >= 15 is 0 Å². The molecular weight excluding hydrogens is 781 g/mol. The third-order valence-electron chi connectivity index (χ3n) is 10.7. The van der Waals surface area contributed by atoms with E-state index in [1.165, 1.54) is 128 Å². The summed E-state index contributed by atoms with van der Waals surface area (Å²) >= 11 is 0. The topological polar surface area (TPSA) is 172 Å². The summed E-state index contributed by atoms with van der Waals surface area (Å²) in [5, 5.41) is 8.90. The summed E-state index contributed by atoms with van der Waals surface area (Å²) in [7, 11) is -4.72. The lowest BCUT2D eigenvalue weighted by Crippen LogP contribution is -2.34. The molecular formula is C48H90NO10P. The lowest BCUT2D eigenvalue weighted by Gasteiger charge is -2.20. The summed E-state index contributed by atoms with van der Waals surface area (Å²) < 4.78 is 32.8. The first-order valence-corrected chi connectivity index (χ1v) is 25.9. The average molecular weight is 872 g/mol. The number of hydrogen-bond acceptors (Lipinski definition) is 9. The minimum absolute atomic E-state index is 0.148. The third-order valence-corrected chi connectivity index (χ3v) is 11.7. The van der Waals surface area contributed by atoms with Gasteiger partial charge >= 0.3 is 25.7 Å². The van der Waals surface area contributed by atoms with Crippen molar-refractivity contribution in [3.8, 4) is 0 Å². The van der Waals surface area contributed by atoms with Crippen LogP contribution in [-0.4, -0.2) is 59.9 Å². The Kier molecular flexibility index (Phi) is 42.1. The average Bonchev–Trinajstić information content (AvgIpc) is 3.22. The Labute approximate surface area is 366 Å². The van der Waals surface area contributed by atoms with Crippen LogP contribution in [0, 0.1) is 0 Å². The lowest BCUT2D eigenvalue weighted by atomic mass is 10.0. The van der Waals surface area contributed by atoms with Gasteiger partial charge in [-0.05, 0) is 38.5 Å². The molecule has 3 atom stereocenters. The first-order valence-electron chi connectivity index (χ1n) is 24.4. The number of phosphoric ester groups is 1. The van der Waals surface area contributed by atoms with Crippen LogP contribution >= 0.6 is 7.82 Å². The molecule has 0 spiro atoms. The number of carbonyl (C=O) groups excluding carboxylic acids is 2. The van der Waals surface area contributed by atoms with E-state index in [0.29, 0.717) is 12.8 Å². The van der Waals surface area contributed by atoms with Gasteiger partial charge < -0.3 is 25.2 Å². The number of unbranched alkanes of at least 4 members (excludes halogenated alkanes) is 28. The second-order valence-electron chi connectivity index (χ2n) is 16.6. The second kappa shape index (κ2) is 43.6. The summed E-state index contributed by atoms with van der Waals surface area (Å²) in [4.78, 5) is 46.1. The molecule has 0 aromatic carbocycles. The molecule has 0 aromatic rings. The molecule has 0 aliphatic carbocycles. The fourth-order valence-electron chi connectivity index (χ4n) is 6.85. The molecule has 0 radical (unpaired) electrons. The second-order valence-corrected chi connectivity index (χ2v) is 18.1. The highest BCUT2D eigenvalue weighted by molar-refractivity contribution is 7.47. The minimum Gasteiger partial charge on any atom is -0.480 e. The molecule has 11 nitrogen and oxygen atoms in total. The van der Waals surface area contributed by atoms with Crippen LogP contribution in [0.15, 0.2) is 24.3 Å². The van der Waals surface area contributed by atoms with Gasteiger partial charge in [-0.15, -0.1) is 0 Å². The zero-order chi connectivity index (χ0) is 44.2. The van der Waals surface area contributed by atoms with Crippen LogP contribution in [0.25, 0.3) is 0 Å². The zero-order valence-corrected chi connectivity index (χ0v) is 39.2.